The van der Waals surface area contributed by atoms with Crippen LogP contribution in [0, 0.1) is 0 Å². The SMILES string of the molecule is CN=C(NCc1ccn(C)c1)NCC(C)Oc1ccccc1OC.I. The lowest BCUT2D eigenvalue weighted by molar-refractivity contribution is 0.213. The van der Waals surface area contributed by atoms with Crippen LogP contribution in [0.2, 0.25) is 0 Å². The number of aromatic nitrogens is 1. The average Bonchev–Trinajstić information content (AvgIpc) is 3.01. The van der Waals surface area contributed by atoms with E-state index in [4.69, 9.17) is 9.47 Å². The van der Waals surface area contributed by atoms with Crippen molar-refractivity contribution in [1.82, 2.24) is 15.2 Å². The number of aryl methyl sites for hydroxylation is 1. The lowest BCUT2D eigenvalue weighted by atomic mass is 10.3. The van der Waals surface area contributed by atoms with E-state index in [9.17, 15) is 0 Å². The van der Waals surface area contributed by atoms with Crippen LogP contribution in [0.3, 0.4) is 0 Å². The van der Waals surface area contributed by atoms with Gasteiger partial charge in [-0.2, -0.15) is 0 Å². The van der Waals surface area contributed by atoms with Crippen molar-refractivity contribution in [2.75, 3.05) is 20.7 Å². The number of rotatable bonds is 7. The Labute approximate surface area is 166 Å². The van der Waals surface area contributed by atoms with Crippen LogP contribution in [0.1, 0.15) is 12.5 Å². The molecule has 7 heteroatoms. The summed E-state index contributed by atoms with van der Waals surface area (Å²) in [6.07, 6.45) is 4.07. The average molecular weight is 458 g/mol. The first-order valence-electron chi connectivity index (χ1n) is 7.97. The summed E-state index contributed by atoms with van der Waals surface area (Å²) in [4.78, 5) is 4.23. The summed E-state index contributed by atoms with van der Waals surface area (Å²) in [5, 5.41) is 6.56. The highest BCUT2D eigenvalue weighted by Gasteiger charge is 2.09. The van der Waals surface area contributed by atoms with Gasteiger partial charge in [-0.05, 0) is 30.7 Å². The van der Waals surface area contributed by atoms with E-state index < -0.39 is 0 Å². The molecule has 0 spiro atoms. The molecule has 0 fully saturated rings. The molecule has 2 N–H and O–H groups in total. The standard InChI is InChI=1S/C18H26N4O2.HI/c1-14(24-17-8-6-5-7-16(17)23-4)11-20-18(19-2)21-12-15-9-10-22(3)13-15;/h5-10,13-14H,11-12H2,1-4H3,(H2,19,20,21);1H. The molecule has 0 amide bonds. The van der Waals surface area contributed by atoms with Gasteiger partial charge in [-0.25, -0.2) is 0 Å². The van der Waals surface area contributed by atoms with Crippen LogP contribution in [0.4, 0.5) is 0 Å². The molecule has 0 saturated heterocycles. The Hall–Kier alpha value is -1.90. The highest BCUT2D eigenvalue weighted by Crippen LogP contribution is 2.26. The number of halogens is 1. The minimum Gasteiger partial charge on any atom is -0.493 e. The number of methoxy groups -OCH3 is 1. The van der Waals surface area contributed by atoms with E-state index in [1.807, 2.05) is 49.0 Å². The van der Waals surface area contributed by atoms with Crippen molar-refractivity contribution in [1.29, 1.82) is 0 Å². The molecule has 0 radical (unpaired) electrons. The van der Waals surface area contributed by atoms with Crippen molar-refractivity contribution in [2.24, 2.45) is 12.0 Å². The zero-order valence-electron chi connectivity index (χ0n) is 15.2. The van der Waals surface area contributed by atoms with Crippen molar-refractivity contribution in [3.63, 3.8) is 0 Å². The van der Waals surface area contributed by atoms with Crippen molar-refractivity contribution < 1.29 is 9.47 Å². The van der Waals surface area contributed by atoms with E-state index in [0.717, 1.165) is 24.0 Å². The third kappa shape index (κ3) is 6.85. The van der Waals surface area contributed by atoms with Gasteiger partial charge in [-0.15, -0.1) is 24.0 Å². The predicted molar refractivity (Wildman–Crippen MR) is 112 cm³/mol. The maximum Gasteiger partial charge on any atom is 0.191 e. The van der Waals surface area contributed by atoms with Crippen LogP contribution in [0.5, 0.6) is 11.5 Å². The number of hydrogen-bond acceptors (Lipinski definition) is 3. The fourth-order valence-electron chi connectivity index (χ4n) is 2.29. The monoisotopic (exact) mass is 458 g/mol. The molecule has 0 saturated carbocycles. The number of para-hydroxylation sites is 2. The summed E-state index contributed by atoms with van der Waals surface area (Å²) in [6, 6.07) is 9.71. The minimum absolute atomic E-state index is 0. The molecule has 25 heavy (non-hydrogen) atoms. The van der Waals surface area contributed by atoms with Gasteiger partial charge in [0.25, 0.3) is 0 Å². The molecule has 2 aromatic rings. The van der Waals surface area contributed by atoms with Crippen LogP contribution >= 0.6 is 24.0 Å². The molecule has 1 unspecified atom stereocenters. The number of nitrogens with one attached hydrogen (secondary N) is 2. The van der Waals surface area contributed by atoms with Gasteiger partial charge in [0.05, 0.1) is 13.7 Å². The highest BCUT2D eigenvalue weighted by molar-refractivity contribution is 14.0. The van der Waals surface area contributed by atoms with Crippen LogP contribution in [0.15, 0.2) is 47.7 Å². The quantitative estimate of drug-likeness (QED) is 0.381. The number of guanidine groups is 1. The highest BCUT2D eigenvalue weighted by atomic mass is 127. The summed E-state index contributed by atoms with van der Waals surface area (Å²) in [5.41, 5.74) is 1.21. The largest absolute Gasteiger partial charge is 0.493 e. The molecule has 2 rings (SSSR count). The summed E-state index contributed by atoms with van der Waals surface area (Å²) >= 11 is 0. The van der Waals surface area contributed by atoms with Gasteiger partial charge in [0.2, 0.25) is 0 Å². The topological polar surface area (TPSA) is 59.8 Å². The lowest BCUT2D eigenvalue weighted by Gasteiger charge is -2.19. The van der Waals surface area contributed by atoms with Crippen LogP contribution in [-0.4, -0.2) is 37.3 Å². The second-order valence-electron chi connectivity index (χ2n) is 5.57. The van der Waals surface area contributed by atoms with E-state index in [0.29, 0.717) is 6.54 Å². The molecular formula is C18H27IN4O2. The Morgan fingerprint density at radius 3 is 2.52 bits per heavy atom. The number of benzene rings is 1. The van der Waals surface area contributed by atoms with Gasteiger partial charge in [0, 0.05) is 33.0 Å². The molecule has 0 aliphatic heterocycles. The number of nitrogens with zero attached hydrogens (tertiary/aromatic N) is 2. The van der Waals surface area contributed by atoms with Crippen LogP contribution in [0.25, 0.3) is 0 Å². The minimum atomic E-state index is -0.0309. The summed E-state index contributed by atoms with van der Waals surface area (Å²) in [6.45, 7) is 3.36. The number of aliphatic imine (C=N–C) groups is 1. The molecule has 1 atom stereocenters. The van der Waals surface area contributed by atoms with Gasteiger partial charge in [0.15, 0.2) is 17.5 Å². The van der Waals surface area contributed by atoms with Crippen molar-refractivity contribution in [3.8, 4) is 11.5 Å². The second-order valence-corrected chi connectivity index (χ2v) is 5.57. The predicted octanol–water partition coefficient (Wildman–Crippen LogP) is 2.78. The Morgan fingerprint density at radius 1 is 1.20 bits per heavy atom. The molecule has 0 bridgehead atoms. The summed E-state index contributed by atoms with van der Waals surface area (Å²) < 4.78 is 13.2. The molecule has 1 heterocycles. The first-order valence-corrected chi connectivity index (χ1v) is 7.97. The normalized spacial score (nSPS) is 12.1. The molecule has 0 aliphatic carbocycles. The number of ether oxygens (including phenoxy) is 2. The van der Waals surface area contributed by atoms with Gasteiger partial charge in [0.1, 0.15) is 6.10 Å². The van der Waals surface area contributed by atoms with Gasteiger partial charge < -0.3 is 24.7 Å². The van der Waals surface area contributed by atoms with Crippen molar-refractivity contribution in [2.45, 2.75) is 19.6 Å². The Kier molecular flexibility index (Phi) is 9.18. The lowest BCUT2D eigenvalue weighted by Crippen LogP contribution is -2.41. The zero-order chi connectivity index (χ0) is 17.4. The first kappa shape index (κ1) is 21.1. The van der Waals surface area contributed by atoms with Crippen molar-refractivity contribution >= 4 is 29.9 Å². The summed E-state index contributed by atoms with van der Waals surface area (Å²) in [5.74, 6) is 2.21. The Balaban J connectivity index is 0.00000312. The van der Waals surface area contributed by atoms with E-state index in [1.54, 1.807) is 14.2 Å². The maximum absolute atomic E-state index is 5.92. The van der Waals surface area contributed by atoms with E-state index in [-0.39, 0.29) is 30.1 Å². The van der Waals surface area contributed by atoms with Crippen LogP contribution < -0.4 is 20.1 Å². The molecule has 138 valence electrons. The zero-order valence-corrected chi connectivity index (χ0v) is 17.5. The van der Waals surface area contributed by atoms with Gasteiger partial charge in [-0.1, -0.05) is 12.1 Å². The van der Waals surface area contributed by atoms with E-state index in [2.05, 4.69) is 27.9 Å². The molecular weight excluding hydrogens is 431 g/mol. The molecule has 1 aromatic carbocycles. The Bertz CT molecular complexity index is 673. The maximum atomic E-state index is 5.92. The second kappa shape index (κ2) is 10.9. The molecule has 1 aromatic heterocycles. The first-order chi connectivity index (χ1) is 11.6. The molecule has 0 aliphatic rings. The molecule has 6 nitrogen and oxygen atoms in total. The fraction of sp³-hybridized carbons (Fsp3) is 0.389. The van der Waals surface area contributed by atoms with Crippen molar-refractivity contribution in [3.05, 3.63) is 48.3 Å². The van der Waals surface area contributed by atoms with Gasteiger partial charge >= 0.3 is 0 Å². The van der Waals surface area contributed by atoms with Gasteiger partial charge in [-0.3, -0.25) is 4.99 Å². The Morgan fingerprint density at radius 2 is 1.92 bits per heavy atom. The third-order valence-corrected chi connectivity index (χ3v) is 3.53. The van der Waals surface area contributed by atoms with E-state index >= 15 is 0 Å². The third-order valence-electron chi connectivity index (χ3n) is 3.53. The number of hydrogen-bond donors (Lipinski definition) is 2. The smallest absolute Gasteiger partial charge is 0.191 e. The van der Waals surface area contributed by atoms with Crippen LogP contribution in [-0.2, 0) is 13.6 Å². The summed E-state index contributed by atoms with van der Waals surface area (Å²) in [7, 11) is 5.40. The fourth-order valence-corrected chi connectivity index (χ4v) is 2.29. The van der Waals surface area contributed by atoms with E-state index in [1.165, 1.54) is 5.56 Å².